The Balaban J connectivity index is 0.751. The van der Waals surface area contributed by atoms with Gasteiger partial charge in [0.25, 0.3) is 23.3 Å². The maximum Gasteiger partial charge on any atom is 0.266 e. The van der Waals surface area contributed by atoms with E-state index in [1.807, 2.05) is 39.1 Å². The molecule has 15 nitrogen and oxygen atoms in total. The predicted molar refractivity (Wildman–Crippen MR) is 267 cm³/mol. The van der Waals surface area contributed by atoms with Crippen LogP contribution in [0.2, 0.25) is 0 Å². The lowest BCUT2D eigenvalue weighted by molar-refractivity contribution is -0.136. The van der Waals surface area contributed by atoms with Crippen LogP contribution >= 0.6 is 0 Å². The normalized spacial score (nSPS) is 16.9. The van der Waals surface area contributed by atoms with Gasteiger partial charge in [-0.1, -0.05) is 51.5 Å². The zero-order valence-electron chi connectivity index (χ0n) is 40.7. The van der Waals surface area contributed by atoms with Crippen LogP contribution in [0.1, 0.15) is 144 Å². The lowest BCUT2D eigenvalue weighted by Crippen LogP contribution is -2.54. The molecule has 69 heavy (non-hydrogen) atoms. The highest BCUT2D eigenvalue weighted by molar-refractivity contribution is 6.24. The molecule has 3 aliphatic heterocycles. The van der Waals surface area contributed by atoms with Gasteiger partial charge in [-0.05, 0) is 119 Å². The molecular formula is C54H66N8O7. The third kappa shape index (κ3) is 10.8. The Morgan fingerprint density at radius 3 is 2.29 bits per heavy atom. The summed E-state index contributed by atoms with van der Waals surface area (Å²) in [5, 5.41) is 6.20. The number of nitrogens with one attached hydrogen (secondary N) is 3. The van der Waals surface area contributed by atoms with Crippen LogP contribution in [-0.2, 0) is 16.1 Å². The molecule has 15 heteroatoms. The van der Waals surface area contributed by atoms with E-state index in [1.165, 1.54) is 25.7 Å². The first-order valence-corrected chi connectivity index (χ1v) is 24.9. The van der Waals surface area contributed by atoms with Crippen LogP contribution in [0.5, 0.6) is 5.75 Å². The van der Waals surface area contributed by atoms with Crippen molar-refractivity contribution in [2.45, 2.75) is 124 Å². The summed E-state index contributed by atoms with van der Waals surface area (Å²) in [5.41, 5.74) is 6.91. The number of imide groups is 2. The third-order valence-electron chi connectivity index (χ3n) is 14.2. The van der Waals surface area contributed by atoms with Gasteiger partial charge in [-0.3, -0.25) is 43.9 Å². The van der Waals surface area contributed by atoms with Crippen molar-refractivity contribution in [3.05, 3.63) is 110 Å². The number of carbonyl (C=O) groups is 5. The number of ether oxygens (including phenoxy) is 1. The number of pyridine rings is 2. The number of benzene rings is 2. The Bertz CT molecular complexity index is 2790. The first-order valence-electron chi connectivity index (χ1n) is 24.9. The molecule has 5 amide bonds. The summed E-state index contributed by atoms with van der Waals surface area (Å²) >= 11 is 0. The number of anilines is 1. The van der Waals surface area contributed by atoms with Gasteiger partial charge < -0.3 is 24.5 Å². The first kappa shape index (κ1) is 48.8. The molecule has 0 saturated carbocycles. The zero-order chi connectivity index (χ0) is 48.8. The maximum absolute atomic E-state index is 14.0. The van der Waals surface area contributed by atoms with Gasteiger partial charge in [0.1, 0.15) is 17.6 Å². The lowest BCUT2D eigenvalue weighted by atomic mass is 9.98. The largest absolute Gasteiger partial charge is 0.493 e. The van der Waals surface area contributed by atoms with Crippen LogP contribution in [0, 0.1) is 20.8 Å². The molecule has 3 aromatic heterocycles. The van der Waals surface area contributed by atoms with E-state index in [-0.39, 0.29) is 48.0 Å². The third-order valence-corrected chi connectivity index (χ3v) is 14.2. The molecule has 2 fully saturated rings. The van der Waals surface area contributed by atoms with Crippen LogP contribution in [0.25, 0.3) is 22.0 Å². The highest BCUT2D eigenvalue weighted by Crippen LogP contribution is 2.36. The fourth-order valence-corrected chi connectivity index (χ4v) is 10.1. The summed E-state index contributed by atoms with van der Waals surface area (Å²) in [6, 6.07) is 14.4. The van der Waals surface area contributed by atoms with Crippen LogP contribution < -0.4 is 25.8 Å². The molecular weight excluding hydrogens is 873 g/mol. The van der Waals surface area contributed by atoms with E-state index in [0.29, 0.717) is 23.5 Å². The molecule has 2 unspecified atom stereocenters. The highest BCUT2D eigenvalue weighted by atomic mass is 16.5. The van der Waals surface area contributed by atoms with Crippen molar-refractivity contribution >= 4 is 46.3 Å². The minimum Gasteiger partial charge on any atom is -0.493 e. The summed E-state index contributed by atoms with van der Waals surface area (Å²) in [5.74, 6) is -1.03. The summed E-state index contributed by atoms with van der Waals surface area (Å²) in [7, 11) is 0. The number of aromatic amines is 1. The second kappa shape index (κ2) is 21.8. The van der Waals surface area contributed by atoms with E-state index in [1.54, 1.807) is 18.2 Å². The average Bonchev–Trinajstić information content (AvgIpc) is 3.81. The van der Waals surface area contributed by atoms with Gasteiger partial charge in [0.15, 0.2) is 0 Å². The molecule has 2 saturated heterocycles. The van der Waals surface area contributed by atoms with E-state index < -0.39 is 29.7 Å². The van der Waals surface area contributed by atoms with E-state index >= 15 is 0 Å². The number of aromatic nitrogens is 3. The predicted octanol–water partition coefficient (Wildman–Crippen LogP) is 7.94. The van der Waals surface area contributed by atoms with Crippen molar-refractivity contribution in [3.63, 3.8) is 0 Å². The molecule has 6 heterocycles. The van der Waals surface area contributed by atoms with Gasteiger partial charge in [-0.25, -0.2) is 4.98 Å². The second-order valence-corrected chi connectivity index (χ2v) is 19.1. The number of amides is 5. The molecule has 364 valence electrons. The van der Waals surface area contributed by atoms with Crippen molar-refractivity contribution in [2.75, 3.05) is 44.2 Å². The number of hydrogen-bond acceptors (Lipinski definition) is 10. The van der Waals surface area contributed by atoms with Crippen molar-refractivity contribution in [2.24, 2.45) is 0 Å². The van der Waals surface area contributed by atoms with Gasteiger partial charge in [0, 0.05) is 90.9 Å². The number of nitrogens with zero attached hydrogens (tertiary/aromatic N) is 5. The SMILES string of the molecule is CCC(C)n1cc(C)c2c(C(=O)NCc3c(C)cc(C)[nH]c3=O)cc(-c3ccc(N4CCN(CCCCCCCCCCOc5cccc6c5C(=O)N(C5CCC(=O)NC5=O)C6=O)CC4)nc3)cc21. The van der Waals surface area contributed by atoms with Crippen LogP contribution in [0.4, 0.5) is 5.82 Å². The Morgan fingerprint density at radius 1 is 0.855 bits per heavy atom. The van der Waals surface area contributed by atoms with Crippen LogP contribution in [0.3, 0.4) is 0 Å². The molecule has 3 N–H and O–H groups in total. The van der Waals surface area contributed by atoms with Crippen LogP contribution in [-0.4, -0.2) is 99.2 Å². The topological polar surface area (TPSA) is 179 Å². The number of unbranched alkanes of at least 4 members (excludes halogenated alkanes) is 7. The number of hydrogen-bond donors (Lipinski definition) is 3. The molecule has 0 bridgehead atoms. The van der Waals surface area contributed by atoms with Gasteiger partial charge in [-0.2, -0.15) is 0 Å². The fourth-order valence-electron chi connectivity index (χ4n) is 10.1. The fraction of sp³-hybridized carbons (Fsp3) is 0.463. The summed E-state index contributed by atoms with van der Waals surface area (Å²) in [6.45, 7) is 15.6. The van der Waals surface area contributed by atoms with Gasteiger partial charge in [0.05, 0.1) is 17.7 Å². The summed E-state index contributed by atoms with van der Waals surface area (Å²) < 4.78 is 8.26. The molecule has 0 aliphatic carbocycles. The highest BCUT2D eigenvalue weighted by Gasteiger charge is 2.46. The Labute approximate surface area is 404 Å². The lowest BCUT2D eigenvalue weighted by Gasteiger charge is -2.35. The van der Waals surface area contributed by atoms with Crippen LogP contribution in [0.15, 0.2) is 65.7 Å². The Kier molecular flexibility index (Phi) is 15.4. The monoisotopic (exact) mass is 939 g/mol. The quantitative estimate of drug-likeness (QED) is 0.0513. The number of rotatable bonds is 20. The van der Waals surface area contributed by atoms with Crippen molar-refractivity contribution in [1.29, 1.82) is 0 Å². The minimum atomic E-state index is -1.00. The second-order valence-electron chi connectivity index (χ2n) is 19.1. The van der Waals surface area contributed by atoms with Gasteiger partial charge in [0.2, 0.25) is 11.8 Å². The minimum absolute atomic E-state index is 0.0777. The van der Waals surface area contributed by atoms with E-state index in [4.69, 9.17) is 9.72 Å². The molecule has 0 spiro atoms. The summed E-state index contributed by atoms with van der Waals surface area (Å²) in [4.78, 5) is 90.8. The number of aryl methyl sites for hydroxylation is 3. The number of H-pyrrole nitrogens is 1. The molecule has 2 aromatic carbocycles. The van der Waals surface area contributed by atoms with Crippen molar-refractivity contribution < 1.29 is 28.7 Å². The Morgan fingerprint density at radius 2 is 1.59 bits per heavy atom. The smallest absolute Gasteiger partial charge is 0.266 e. The number of piperazine rings is 1. The molecule has 8 rings (SSSR count). The number of piperidine rings is 1. The van der Waals surface area contributed by atoms with E-state index in [2.05, 4.69) is 68.2 Å². The molecule has 2 atom stereocenters. The zero-order valence-corrected chi connectivity index (χ0v) is 40.7. The summed E-state index contributed by atoms with van der Waals surface area (Å²) in [6.07, 6.45) is 14.1. The van der Waals surface area contributed by atoms with Crippen molar-refractivity contribution in [1.82, 2.24) is 35.0 Å². The van der Waals surface area contributed by atoms with Gasteiger partial charge >= 0.3 is 0 Å². The number of carbonyl (C=O) groups excluding carboxylic acids is 5. The van der Waals surface area contributed by atoms with Gasteiger partial charge in [-0.15, -0.1) is 0 Å². The molecule has 0 radical (unpaired) electrons. The van der Waals surface area contributed by atoms with E-state index in [9.17, 15) is 28.8 Å². The van der Waals surface area contributed by atoms with Crippen molar-refractivity contribution in [3.8, 4) is 16.9 Å². The molecule has 3 aliphatic rings. The number of fused-ring (bicyclic) bond motifs is 2. The first-order chi connectivity index (χ1) is 33.3. The maximum atomic E-state index is 14.0. The molecule has 5 aromatic rings. The standard InChI is InChI=1S/C54H66N8O7/c1-6-37(5)61-33-35(3)48-41(50(64)56-32-42-34(2)28-36(4)57-51(42)65)29-39(30-44(48)61)38-18-20-46(55-31-38)60-25-23-59(24-26-60)22-13-11-9-7-8-10-12-14-27-69-45-17-15-16-40-49(45)54(68)62(53(40)67)43-19-21-47(63)58-52(43)66/h15-18,20,28-31,33,37,43H,6-14,19,21-27,32H2,1-5H3,(H,56,64)(H,57,65)(H,58,63,66). The Hall–Kier alpha value is -6.61. The van der Waals surface area contributed by atoms with E-state index in [0.717, 1.165) is 114 Å². The average molecular weight is 939 g/mol.